The minimum absolute atomic E-state index is 0.0713. The molecule has 5 aliphatic rings. The fourth-order valence-electron chi connectivity index (χ4n) is 6.89. The van der Waals surface area contributed by atoms with Gasteiger partial charge in [-0.15, -0.1) is 0 Å². The van der Waals surface area contributed by atoms with Crippen molar-refractivity contribution in [1.29, 1.82) is 0 Å². The number of hydrogen-bond donors (Lipinski definition) is 0. The van der Waals surface area contributed by atoms with Crippen LogP contribution >= 0.6 is 0 Å². The summed E-state index contributed by atoms with van der Waals surface area (Å²) in [6, 6.07) is 8.66. The fraction of sp³-hybridized carbons (Fsp3) is 0.696. The standard InChI is InChI=1S/C23H32N2O/c1-17-4-2-3-5-21(17)25-8-6-24(7-9-25)16-22(26)23-13-18-10-19(14-23)12-20(11-18)15-23/h2-5,18-20H,6-16H2,1H3. The van der Waals surface area contributed by atoms with Crippen LogP contribution in [0.5, 0.6) is 0 Å². The van der Waals surface area contributed by atoms with E-state index in [0.29, 0.717) is 12.3 Å². The molecule has 0 spiro atoms. The molecule has 0 unspecified atom stereocenters. The molecule has 1 saturated heterocycles. The predicted molar refractivity (Wildman–Crippen MR) is 105 cm³/mol. The van der Waals surface area contributed by atoms with Crippen molar-refractivity contribution in [3.63, 3.8) is 0 Å². The molecule has 1 heterocycles. The van der Waals surface area contributed by atoms with Crippen LogP contribution in [-0.4, -0.2) is 43.4 Å². The lowest BCUT2D eigenvalue weighted by molar-refractivity contribution is -0.145. The number of aryl methyl sites for hydroxylation is 1. The summed E-state index contributed by atoms with van der Waals surface area (Å²) < 4.78 is 0. The zero-order valence-electron chi connectivity index (χ0n) is 16.1. The van der Waals surface area contributed by atoms with E-state index in [1.54, 1.807) is 0 Å². The topological polar surface area (TPSA) is 23.6 Å². The molecule has 0 N–H and O–H groups in total. The monoisotopic (exact) mass is 352 g/mol. The van der Waals surface area contributed by atoms with E-state index >= 15 is 0 Å². The molecule has 0 atom stereocenters. The summed E-state index contributed by atoms with van der Waals surface area (Å²) in [5.74, 6) is 3.18. The summed E-state index contributed by atoms with van der Waals surface area (Å²) in [4.78, 5) is 18.2. The van der Waals surface area contributed by atoms with Gasteiger partial charge >= 0.3 is 0 Å². The highest BCUT2D eigenvalue weighted by Crippen LogP contribution is 2.60. The van der Waals surface area contributed by atoms with Gasteiger partial charge in [0.25, 0.3) is 0 Å². The molecular formula is C23H32N2O. The molecule has 0 aromatic heterocycles. The lowest BCUT2D eigenvalue weighted by Crippen LogP contribution is -2.54. The average Bonchev–Trinajstić information content (AvgIpc) is 2.62. The molecule has 4 bridgehead atoms. The number of nitrogens with zero attached hydrogens (tertiary/aromatic N) is 2. The lowest BCUT2D eigenvalue weighted by Gasteiger charge is -2.56. The van der Waals surface area contributed by atoms with Gasteiger partial charge in [-0.1, -0.05) is 18.2 Å². The number of anilines is 1. The lowest BCUT2D eigenvalue weighted by atomic mass is 9.48. The van der Waals surface area contributed by atoms with E-state index in [-0.39, 0.29) is 5.41 Å². The van der Waals surface area contributed by atoms with Crippen molar-refractivity contribution in [2.24, 2.45) is 23.2 Å². The number of para-hydroxylation sites is 1. The van der Waals surface area contributed by atoms with E-state index in [1.165, 1.54) is 49.8 Å². The van der Waals surface area contributed by atoms with Crippen LogP contribution in [0, 0.1) is 30.1 Å². The van der Waals surface area contributed by atoms with Crippen molar-refractivity contribution in [2.75, 3.05) is 37.6 Å². The largest absolute Gasteiger partial charge is 0.369 e. The normalized spacial score (nSPS) is 36.5. The number of rotatable bonds is 4. The van der Waals surface area contributed by atoms with Gasteiger partial charge in [-0.2, -0.15) is 0 Å². The molecule has 4 aliphatic carbocycles. The van der Waals surface area contributed by atoms with Crippen molar-refractivity contribution in [3.8, 4) is 0 Å². The van der Waals surface area contributed by atoms with Gasteiger partial charge in [0.1, 0.15) is 0 Å². The van der Waals surface area contributed by atoms with E-state index < -0.39 is 0 Å². The number of Topliss-reactive ketones (excluding diaryl/α,β-unsaturated/α-hetero) is 1. The Labute approximate surface area is 157 Å². The maximum Gasteiger partial charge on any atom is 0.152 e. The van der Waals surface area contributed by atoms with E-state index in [0.717, 1.165) is 43.9 Å². The van der Waals surface area contributed by atoms with Crippen LogP contribution in [-0.2, 0) is 4.79 Å². The van der Waals surface area contributed by atoms with Gasteiger partial charge in [0, 0.05) is 37.3 Å². The van der Waals surface area contributed by atoms with E-state index in [9.17, 15) is 4.79 Å². The Morgan fingerprint density at radius 1 is 0.962 bits per heavy atom. The van der Waals surface area contributed by atoms with Crippen LogP contribution in [0.4, 0.5) is 5.69 Å². The van der Waals surface area contributed by atoms with Crippen LogP contribution in [0.25, 0.3) is 0 Å². The molecule has 26 heavy (non-hydrogen) atoms. The molecular weight excluding hydrogens is 320 g/mol. The van der Waals surface area contributed by atoms with Crippen molar-refractivity contribution in [2.45, 2.75) is 45.4 Å². The van der Waals surface area contributed by atoms with E-state index in [2.05, 4.69) is 41.0 Å². The Hall–Kier alpha value is -1.35. The summed E-state index contributed by atoms with van der Waals surface area (Å²) in [5, 5.41) is 0. The number of ketones is 1. The quantitative estimate of drug-likeness (QED) is 0.821. The van der Waals surface area contributed by atoms with Gasteiger partial charge in [0.05, 0.1) is 6.54 Å². The molecule has 3 heteroatoms. The Morgan fingerprint density at radius 3 is 2.12 bits per heavy atom. The third-order valence-electron chi connectivity index (χ3n) is 7.83. The predicted octanol–water partition coefficient (Wildman–Crippen LogP) is 3.90. The number of hydrogen-bond acceptors (Lipinski definition) is 3. The molecule has 1 aromatic rings. The van der Waals surface area contributed by atoms with Gasteiger partial charge in [-0.25, -0.2) is 0 Å². The summed E-state index contributed by atoms with van der Waals surface area (Å²) in [7, 11) is 0. The van der Waals surface area contributed by atoms with Crippen molar-refractivity contribution < 1.29 is 4.79 Å². The highest BCUT2D eigenvalue weighted by atomic mass is 16.1. The first-order valence-electron chi connectivity index (χ1n) is 10.7. The molecule has 140 valence electrons. The molecule has 0 radical (unpaired) electrons. The first-order chi connectivity index (χ1) is 12.6. The van der Waals surface area contributed by atoms with E-state index in [4.69, 9.17) is 0 Å². The summed E-state index contributed by atoms with van der Waals surface area (Å²) >= 11 is 0. The van der Waals surface area contributed by atoms with Crippen molar-refractivity contribution >= 4 is 11.5 Å². The van der Waals surface area contributed by atoms with Crippen LogP contribution in [0.15, 0.2) is 24.3 Å². The zero-order chi connectivity index (χ0) is 17.7. The fourth-order valence-corrected chi connectivity index (χ4v) is 6.89. The van der Waals surface area contributed by atoms with Gasteiger partial charge in [0.15, 0.2) is 5.78 Å². The minimum atomic E-state index is 0.0713. The van der Waals surface area contributed by atoms with Crippen LogP contribution in [0.3, 0.4) is 0 Å². The van der Waals surface area contributed by atoms with Gasteiger partial charge in [-0.3, -0.25) is 9.69 Å². The van der Waals surface area contributed by atoms with Gasteiger partial charge in [0.2, 0.25) is 0 Å². The van der Waals surface area contributed by atoms with Gasteiger partial charge < -0.3 is 4.90 Å². The first kappa shape index (κ1) is 16.8. The second kappa shape index (κ2) is 6.37. The summed E-state index contributed by atoms with van der Waals surface area (Å²) in [6.45, 7) is 7.02. The molecule has 4 saturated carbocycles. The van der Waals surface area contributed by atoms with E-state index in [1.807, 2.05) is 0 Å². The third kappa shape index (κ3) is 2.89. The second-order valence-corrected chi connectivity index (χ2v) is 9.67. The third-order valence-corrected chi connectivity index (χ3v) is 7.83. The Balaban J connectivity index is 1.21. The van der Waals surface area contributed by atoms with Crippen molar-refractivity contribution in [1.82, 2.24) is 4.90 Å². The Kier molecular flexibility index (Phi) is 4.11. The average molecular weight is 353 g/mol. The molecule has 5 fully saturated rings. The number of carbonyl (C=O) groups is 1. The second-order valence-electron chi connectivity index (χ2n) is 9.67. The maximum absolute atomic E-state index is 13.3. The summed E-state index contributed by atoms with van der Waals surface area (Å²) in [5.41, 5.74) is 2.78. The number of benzene rings is 1. The molecule has 0 amide bonds. The zero-order valence-corrected chi connectivity index (χ0v) is 16.1. The van der Waals surface area contributed by atoms with Crippen LogP contribution in [0.2, 0.25) is 0 Å². The highest BCUT2D eigenvalue weighted by molar-refractivity contribution is 5.87. The molecule has 3 nitrogen and oxygen atoms in total. The highest BCUT2D eigenvalue weighted by Gasteiger charge is 2.54. The summed E-state index contributed by atoms with van der Waals surface area (Å²) in [6.07, 6.45) is 7.88. The number of carbonyl (C=O) groups excluding carboxylic acids is 1. The maximum atomic E-state index is 13.3. The smallest absolute Gasteiger partial charge is 0.152 e. The SMILES string of the molecule is Cc1ccccc1N1CCN(CC(=O)C23CC4CC(CC(C4)C2)C3)CC1. The van der Waals surface area contributed by atoms with Crippen LogP contribution in [0.1, 0.15) is 44.1 Å². The Morgan fingerprint density at radius 2 is 1.54 bits per heavy atom. The first-order valence-corrected chi connectivity index (χ1v) is 10.7. The van der Waals surface area contributed by atoms with Crippen molar-refractivity contribution in [3.05, 3.63) is 29.8 Å². The Bertz CT molecular complexity index is 654. The molecule has 6 rings (SSSR count). The number of piperazine rings is 1. The molecule has 1 aliphatic heterocycles. The molecule has 1 aromatic carbocycles. The van der Waals surface area contributed by atoms with Crippen LogP contribution < -0.4 is 4.90 Å². The minimum Gasteiger partial charge on any atom is -0.369 e. The van der Waals surface area contributed by atoms with Gasteiger partial charge in [-0.05, 0) is 74.8 Å².